The van der Waals surface area contributed by atoms with E-state index in [1.807, 2.05) is 67.6 Å². The molecule has 1 saturated heterocycles. The van der Waals surface area contributed by atoms with Crippen molar-refractivity contribution in [2.24, 2.45) is 4.99 Å². The van der Waals surface area contributed by atoms with Crippen LogP contribution in [0.3, 0.4) is 0 Å². The number of ether oxygens (including phenoxy) is 1. The number of amidine groups is 1. The molecule has 3 aromatic carbocycles. The van der Waals surface area contributed by atoms with Crippen molar-refractivity contribution in [2.75, 3.05) is 6.54 Å². The Morgan fingerprint density at radius 2 is 1.73 bits per heavy atom. The van der Waals surface area contributed by atoms with E-state index in [-0.39, 0.29) is 11.7 Å². The second-order valence-electron chi connectivity index (χ2n) is 6.52. The van der Waals surface area contributed by atoms with Crippen molar-refractivity contribution in [3.05, 3.63) is 95.1 Å². The third-order valence-electron chi connectivity index (χ3n) is 4.39. The van der Waals surface area contributed by atoms with Crippen molar-refractivity contribution in [1.82, 2.24) is 4.90 Å². The summed E-state index contributed by atoms with van der Waals surface area (Å²) in [6.07, 6.45) is 1.83. The molecule has 0 N–H and O–H groups in total. The van der Waals surface area contributed by atoms with Crippen LogP contribution in [-0.4, -0.2) is 22.5 Å². The second-order valence-corrected chi connectivity index (χ2v) is 7.53. The van der Waals surface area contributed by atoms with Crippen molar-refractivity contribution in [1.29, 1.82) is 0 Å². The van der Waals surface area contributed by atoms with E-state index in [1.165, 1.54) is 23.9 Å². The first-order chi connectivity index (χ1) is 14.6. The van der Waals surface area contributed by atoms with Gasteiger partial charge in [0.05, 0.1) is 10.6 Å². The van der Waals surface area contributed by atoms with E-state index < -0.39 is 0 Å². The maximum atomic E-state index is 13.1. The minimum atomic E-state index is -0.320. The second kappa shape index (κ2) is 8.97. The van der Waals surface area contributed by atoms with Crippen LogP contribution in [0.15, 0.2) is 88.8 Å². The molecule has 4 rings (SSSR count). The van der Waals surface area contributed by atoms with Gasteiger partial charge in [-0.3, -0.25) is 9.69 Å². The van der Waals surface area contributed by atoms with Crippen molar-refractivity contribution in [3.8, 4) is 11.5 Å². The van der Waals surface area contributed by atoms with Crippen LogP contribution in [0.2, 0.25) is 0 Å². The van der Waals surface area contributed by atoms with Gasteiger partial charge in [0.1, 0.15) is 17.3 Å². The minimum absolute atomic E-state index is 0.0993. The first-order valence-electron chi connectivity index (χ1n) is 9.51. The highest BCUT2D eigenvalue weighted by molar-refractivity contribution is 8.18. The normalized spacial score (nSPS) is 16.5. The molecule has 1 amide bonds. The lowest BCUT2D eigenvalue weighted by atomic mass is 10.2. The monoisotopic (exact) mass is 418 g/mol. The van der Waals surface area contributed by atoms with Crippen molar-refractivity contribution < 1.29 is 13.9 Å². The van der Waals surface area contributed by atoms with E-state index in [0.717, 1.165) is 11.3 Å². The molecule has 1 fully saturated rings. The largest absolute Gasteiger partial charge is 0.457 e. The molecule has 0 aliphatic carbocycles. The molecular weight excluding hydrogens is 399 g/mol. The molecule has 1 heterocycles. The Bertz CT molecular complexity index is 1110. The summed E-state index contributed by atoms with van der Waals surface area (Å²) in [7, 11) is 0. The number of hydrogen-bond donors (Lipinski definition) is 0. The van der Waals surface area contributed by atoms with Crippen LogP contribution >= 0.6 is 11.8 Å². The fourth-order valence-electron chi connectivity index (χ4n) is 2.94. The number of halogens is 1. The molecule has 150 valence electrons. The first-order valence-corrected chi connectivity index (χ1v) is 10.3. The number of amides is 1. The summed E-state index contributed by atoms with van der Waals surface area (Å²) >= 11 is 1.31. The third kappa shape index (κ3) is 4.60. The molecule has 4 nitrogen and oxygen atoms in total. The highest BCUT2D eigenvalue weighted by Crippen LogP contribution is 2.34. The summed E-state index contributed by atoms with van der Waals surface area (Å²) in [5.74, 6) is 1.02. The van der Waals surface area contributed by atoms with Gasteiger partial charge in [0.15, 0.2) is 5.17 Å². The van der Waals surface area contributed by atoms with Gasteiger partial charge in [-0.1, -0.05) is 30.3 Å². The number of para-hydroxylation sites is 1. The van der Waals surface area contributed by atoms with E-state index in [9.17, 15) is 9.18 Å². The van der Waals surface area contributed by atoms with Crippen LogP contribution in [0.25, 0.3) is 6.08 Å². The van der Waals surface area contributed by atoms with Crippen LogP contribution in [-0.2, 0) is 4.79 Å². The number of hydrogen-bond acceptors (Lipinski definition) is 4. The molecule has 0 spiro atoms. The Morgan fingerprint density at radius 1 is 1.00 bits per heavy atom. The molecule has 0 saturated carbocycles. The van der Waals surface area contributed by atoms with Gasteiger partial charge >= 0.3 is 0 Å². The standard InChI is InChI=1S/C24H19FN2O2S/c1-2-27-23(28)22(30-24(27)26-19-13-11-18(25)12-14-19)16-17-7-6-10-21(15-17)29-20-8-4-3-5-9-20/h3-16H,2H2,1H3/b22-16+,26-24?. The summed E-state index contributed by atoms with van der Waals surface area (Å²) in [6, 6.07) is 23.0. The highest BCUT2D eigenvalue weighted by Gasteiger charge is 2.32. The fraction of sp³-hybridized carbons (Fsp3) is 0.0833. The lowest BCUT2D eigenvalue weighted by Gasteiger charge is -2.11. The Balaban J connectivity index is 1.58. The maximum absolute atomic E-state index is 13.1. The fourth-order valence-corrected chi connectivity index (χ4v) is 4.00. The first kappa shape index (κ1) is 19.9. The molecule has 0 unspecified atom stereocenters. The Hall–Kier alpha value is -3.38. The zero-order valence-electron chi connectivity index (χ0n) is 16.3. The predicted molar refractivity (Wildman–Crippen MR) is 119 cm³/mol. The molecule has 0 bridgehead atoms. The summed E-state index contributed by atoms with van der Waals surface area (Å²) in [5, 5.41) is 0.581. The number of aliphatic imine (C=N–C) groups is 1. The molecule has 0 aromatic heterocycles. The van der Waals surface area contributed by atoms with Gasteiger partial charge in [0.2, 0.25) is 0 Å². The average molecular weight is 418 g/mol. The predicted octanol–water partition coefficient (Wildman–Crippen LogP) is 6.24. The number of rotatable bonds is 5. The van der Waals surface area contributed by atoms with Gasteiger partial charge in [-0.25, -0.2) is 9.38 Å². The zero-order valence-corrected chi connectivity index (χ0v) is 17.1. The van der Waals surface area contributed by atoms with E-state index in [2.05, 4.69) is 4.99 Å². The van der Waals surface area contributed by atoms with Crippen LogP contribution in [0.4, 0.5) is 10.1 Å². The van der Waals surface area contributed by atoms with Gasteiger partial charge in [0.25, 0.3) is 5.91 Å². The lowest BCUT2D eigenvalue weighted by Crippen LogP contribution is -2.28. The van der Waals surface area contributed by atoms with Crippen LogP contribution in [0, 0.1) is 5.82 Å². The van der Waals surface area contributed by atoms with Gasteiger partial charge in [-0.05, 0) is 78.9 Å². The Kier molecular flexibility index (Phi) is 5.95. The Labute approximate surface area is 178 Å². The molecule has 30 heavy (non-hydrogen) atoms. The van der Waals surface area contributed by atoms with Crippen molar-refractivity contribution in [2.45, 2.75) is 6.92 Å². The van der Waals surface area contributed by atoms with Crippen molar-refractivity contribution in [3.63, 3.8) is 0 Å². The van der Waals surface area contributed by atoms with Crippen molar-refractivity contribution >= 4 is 34.6 Å². The molecule has 1 aliphatic heterocycles. The van der Waals surface area contributed by atoms with Gasteiger partial charge in [-0.15, -0.1) is 0 Å². The quantitative estimate of drug-likeness (QED) is 0.461. The smallest absolute Gasteiger partial charge is 0.266 e. The van der Waals surface area contributed by atoms with Gasteiger partial charge in [-0.2, -0.15) is 0 Å². The van der Waals surface area contributed by atoms with Gasteiger partial charge in [0, 0.05) is 6.54 Å². The topological polar surface area (TPSA) is 41.9 Å². The summed E-state index contributed by atoms with van der Waals surface area (Å²) in [4.78, 5) is 19.5. The zero-order chi connectivity index (χ0) is 20.9. The lowest BCUT2D eigenvalue weighted by molar-refractivity contribution is -0.122. The van der Waals surface area contributed by atoms with Gasteiger partial charge < -0.3 is 4.74 Å². The molecule has 0 radical (unpaired) electrons. The van der Waals surface area contributed by atoms with Crippen LogP contribution in [0.1, 0.15) is 12.5 Å². The molecule has 1 aliphatic rings. The number of carbonyl (C=O) groups is 1. The number of thioether (sulfide) groups is 1. The number of likely N-dealkylation sites (N-methyl/N-ethyl adjacent to an activating group) is 1. The highest BCUT2D eigenvalue weighted by atomic mass is 32.2. The van der Waals surface area contributed by atoms with E-state index in [0.29, 0.717) is 28.1 Å². The van der Waals surface area contributed by atoms with E-state index in [4.69, 9.17) is 4.74 Å². The number of nitrogens with zero attached hydrogens (tertiary/aromatic N) is 2. The third-order valence-corrected chi connectivity index (χ3v) is 5.40. The average Bonchev–Trinajstić information content (AvgIpc) is 3.04. The molecule has 0 atom stereocenters. The molecule has 6 heteroatoms. The summed E-state index contributed by atoms with van der Waals surface area (Å²) in [5.41, 5.74) is 1.46. The molecule has 3 aromatic rings. The maximum Gasteiger partial charge on any atom is 0.266 e. The number of benzene rings is 3. The van der Waals surface area contributed by atoms with Crippen LogP contribution in [0.5, 0.6) is 11.5 Å². The summed E-state index contributed by atoms with van der Waals surface area (Å²) in [6.45, 7) is 2.40. The van der Waals surface area contributed by atoms with E-state index in [1.54, 1.807) is 17.0 Å². The van der Waals surface area contributed by atoms with Crippen LogP contribution < -0.4 is 4.74 Å². The summed E-state index contributed by atoms with van der Waals surface area (Å²) < 4.78 is 19.0. The number of carbonyl (C=O) groups excluding carboxylic acids is 1. The minimum Gasteiger partial charge on any atom is -0.457 e. The molecular formula is C24H19FN2O2S. The SMILES string of the molecule is CCN1C(=O)/C(=C\c2cccc(Oc3ccccc3)c2)SC1=Nc1ccc(F)cc1. The Morgan fingerprint density at radius 3 is 2.47 bits per heavy atom. The van der Waals surface area contributed by atoms with E-state index >= 15 is 0 Å².